The van der Waals surface area contributed by atoms with Crippen molar-refractivity contribution in [3.05, 3.63) is 29.3 Å². The summed E-state index contributed by atoms with van der Waals surface area (Å²) in [7, 11) is 1.69. The molecule has 1 aromatic carbocycles. The molecule has 0 aromatic heterocycles. The Kier molecular flexibility index (Phi) is 5.27. The molecule has 0 heterocycles. The molecule has 0 aliphatic rings. The number of methoxy groups -OCH3 is 1. The van der Waals surface area contributed by atoms with Crippen LogP contribution in [0.1, 0.15) is 11.1 Å². The Morgan fingerprint density at radius 3 is 2.47 bits per heavy atom. The fraction of sp³-hybridized carbons (Fsp3) is 0.500. The summed E-state index contributed by atoms with van der Waals surface area (Å²) in [6, 6.07) is 6.16. The van der Waals surface area contributed by atoms with Crippen molar-refractivity contribution < 1.29 is 4.74 Å². The Hall–Kier alpha value is -0.400. The summed E-state index contributed by atoms with van der Waals surface area (Å²) in [4.78, 5) is 0. The lowest BCUT2D eigenvalue weighted by atomic mass is 10.00. The van der Waals surface area contributed by atoms with E-state index in [1.165, 1.54) is 11.1 Å². The number of alkyl halides is 2. The topological polar surface area (TPSA) is 9.23 Å². The molecule has 0 N–H and O–H groups in total. The van der Waals surface area contributed by atoms with Crippen molar-refractivity contribution in [2.75, 3.05) is 18.9 Å². The first-order valence-corrected chi connectivity index (χ1v) is 6.03. The Morgan fingerprint density at radius 1 is 1.27 bits per heavy atom. The number of benzene rings is 1. The highest BCUT2D eigenvalue weighted by Gasteiger charge is 2.11. The van der Waals surface area contributed by atoms with Crippen molar-refractivity contribution in [3.8, 4) is 5.75 Å². The summed E-state index contributed by atoms with van der Waals surface area (Å²) < 4.78 is 5.30. The molecule has 0 amide bonds. The highest BCUT2D eigenvalue weighted by molar-refractivity contribution is 6.20. The number of ether oxygens (including phenoxy) is 1. The fourth-order valence-electron chi connectivity index (χ4n) is 1.53. The standard InChI is InChI=1S/C12H16Cl2O/c1-9-3-4-12(15-2)11(5-9)6-10(7-13)8-14/h3-5,10H,6-8H2,1-2H3. The van der Waals surface area contributed by atoms with Gasteiger partial charge in [-0.25, -0.2) is 0 Å². The van der Waals surface area contributed by atoms with Crippen molar-refractivity contribution in [1.29, 1.82) is 0 Å². The van der Waals surface area contributed by atoms with Crippen LogP contribution in [0.25, 0.3) is 0 Å². The van der Waals surface area contributed by atoms with Gasteiger partial charge >= 0.3 is 0 Å². The fourth-order valence-corrected chi connectivity index (χ4v) is 2.08. The maximum absolute atomic E-state index is 5.83. The number of hydrogen-bond donors (Lipinski definition) is 0. The molecule has 1 nitrogen and oxygen atoms in total. The van der Waals surface area contributed by atoms with E-state index in [9.17, 15) is 0 Å². The Bertz CT molecular complexity index is 308. The van der Waals surface area contributed by atoms with Gasteiger partial charge in [-0.3, -0.25) is 0 Å². The molecule has 0 unspecified atom stereocenters. The van der Waals surface area contributed by atoms with Crippen LogP contribution in [-0.2, 0) is 6.42 Å². The van der Waals surface area contributed by atoms with Gasteiger partial charge in [-0.2, -0.15) is 0 Å². The maximum Gasteiger partial charge on any atom is 0.122 e. The zero-order valence-corrected chi connectivity index (χ0v) is 10.6. The molecule has 0 spiro atoms. The van der Waals surface area contributed by atoms with Gasteiger partial charge < -0.3 is 4.74 Å². The highest BCUT2D eigenvalue weighted by atomic mass is 35.5. The second-order valence-corrected chi connectivity index (χ2v) is 4.31. The minimum atomic E-state index is 0.309. The van der Waals surface area contributed by atoms with Crippen molar-refractivity contribution >= 4 is 23.2 Å². The number of halogens is 2. The van der Waals surface area contributed by atoms with Crippen molar-refractivity contribution in [1.82, 2.24) is 0 Å². The SMILES string of the molecule is COc1ccc(C)cc1CC(CCl)CCl. The Balaban J connectivity index is 2.86. The Labute approximate surface area is 101 Å². The molecule has 84 valence electrons. The van der Waals surface area contributed by atoms with E-state index in [0.29, 0.717) is 17.7 Å². The lowest BCUT2D eigenvalue weighted by molar-refractivity contribution is 0.407. The van der Waals surface area contributed by atoms with Crippen LogP contribution in [0.5, 0.6) is 5.75 Å². The molecule has 0 bridgehead atoms. The third-order valence-corrected chi connectivity index (χ3v) is 3.25. The molecule has 0 radical (unpaired) electrons. The average molecular weight is 247 g/mol. The van der Waals surface area contributed by atoms with Crippen molar-refractivity contribution in [3.63, 3.8) is 0 Å². The Morgan fingerprint density at radius 2 is 1.93 bits per heavy atom. The molecule has 0 aliphatic carbocycles. The maximum atomic E-state index is 5.83. The van der Waals surface area contributed by atoms with Crippen LogP contribution in [0.4, 0.5) is 0 Å². The van der Waals surface area contributed by atoms with E-state index in [1.807, 2.05) is 12.1 Å². The monoisotopic (exact) mass is 246 g/mol. The van der Waals surface area contributed by atoms with Gasteiger partial charge in [0.15, 0.2) is 0 Å². The molecule has 1 aromatic rings. The van der Waals surface area contributed by atoms with E-state index in [0.717, 1.165) is 12.2 Å². The average Bonchev–Trinajstić information content (AvgIpc) is 2.26. The zero-order chi connectivity index (χ0) is 11.3. The highest BCUT2D eigenvalue weighted by Crippen LogP contribution is 2.23. The largest absolute Gasteiger partial charge is 0.496 e. The van der Waals surface area contributed by atoms with E-state index in [1.54, 1.807) is 7.11 Å². The van der Waals surface area contributed by atoms with Gasteiger partial charge in [-0.15, -0.1) is 23.2 Å². The van der Waals surface area contributed by atoms with Crippen LogP contribution in [-0.4, -0.2) is 18.9 Å². The lowest BCUT2D eigenvalue weighted by Crippen LogP contribution is -2.09. The summed E-state index contributed by atoms with van der Waals surface area (Å²) in [5, 5.41) is 0. The van der Waals surface area contributed by atoms with E-state index in [-0.39, 0.29) is 0 Å². The summed E-state index contributed by atoms with van der Waals surface area (Å²) >= 11 is 11.7. The molecule has 0 aliphatic heterocycles. The van der Waals surface area contributed by atoms with Crippen LogP contribution < -0.4 is 4.74 Å². The third-order valence-electron chi connectivity index (χ3n) is 2.38. The van der Waals surface area contributed by atoms with Gasteiger partial charge in [0.05, 0.1) is 7.11 Å². The molecular formula is C12H16Cl2O. The minimum Gasteiger partial charge on any atom is -0.496 e. The van der Waals surface area contributed by atoms with Crippen molar-refractivity contribution in [2.24, 2.45) is 5.92 Å². The van der Waals surface area contributed by atoms with Gasteiger partial charge in [-0.1, -0.05) is 17.7 Å². The second kappa shape index (κ2) is 6.24. The quantitative estimate of drug-likeness (QED) is 0.722. The van der Waals surface area contributed by atoms with E-state index >= 15 is 0 Å². The lowest BCUT2D eigenvalue weighted by Gasteiger charge is -2.14. The number of hydrogen-bond acceptors (Lipinski definition) is 1. The number of aryl methyl sites for hydroxylation is 1. The van der Waals surface area contributed by atoms with E-state index in [4.69, 9.17) is 27.9 Å². The first-order chi connectivity index (χ1) is 7.21. The van der Waals surface area contributed by atoms with Crippen LogP contribution in [0, 0.1) is 12.8 Å². The molecule has 0 saturated carbocycles. The molecule has 0 fully saturated rings. The molecule has 3 heteroatoms. The summed E-state index contributed by atoms with van der Waals surface area (Å²) in [5.41, 5.74) is 2.41. The zero-order valence-electron chi connectivity index (χ0n) is 9.09. The van der Waals surface area contributed by atoms with E-state index < -0.39 is 0 Å². The first-order valence-electron chi connectivity index (χ1n) is 4.96. The predicted molar refractivity (Wildman–Crippen MR) is 66.4 cm³/mol. The summed E-state index contributed by atoms with van der Waals surface area (Å²) in [5.74, 6) is 2.39. The third kappa shape index (κ3) is 3.58. The predicted octanol–water partition coefficient (Wildman–Crippen LogP) is 3.64. The van der Waals surface area contributed by atoms with Gasteiger partial charge in [-0.05, 0) is 30.9 Å². The van der Waals surface area contributed by atoms with Crippen LogP contribution >= 0.6 is 23.2 Å². The van der Waals surface area contributed by atoms with Gasteiger partial charge in [0, 0.05) is 11.8 Å². The van der Waals surface area contributed by atoms with Gasteiger partial charge in [0.25, 0.3) is 0 Å². The minimum absolute atomic E-state index is 0.309. The van der Waals surface area contributed by atoms with E-state index in [2.05, 4.69) is 13.0 Å². The normalized spacial score (nSPS) is 10.7. The van der Waals surface area contributed by atoms with Gasteiger partial charge in [0.1, 0.15) is 5.75 Å². The van der Waals surface area contributed by atoms with Gasteiger partial charge in [0.2, 0.25) is 0 Å². The first kappa shape index (κ1) is 12.7. The second-order valence-electron chi connectivity index (χ2n) is 3.69. The van der Waals surface area contributed by atoms with Crippen LogP contribution in [0.2, 0.25) is 0 Å². The number of rotatable bonds is 5. The smallest absolute Gasteiger partial charge is 0.122 e. The molecule has 0 atom stereocenters. The van der Waals surface area contributed by atoms with Crippen LogP contribution in [0.3, 0.4) is 0 Å². The summed E-state index contributed by atoms with van der Waals surface area (Å²) in [6.45, 7) is 2.07. The molecular weight excluding hydrogens is 231 g/mol. The summed E-state index contributed by atoms with van der Waals surface area (Å²) in [6.07, 6.45) is 0.873. The molecule has 15 heavy (non-hydrogen) atoms. The molecule has 1 rings (SSSR count). The van der Waals surface area contributed by atoms with Crippen molar-refractivity contribution in [2.45, 2.75) is 13.3 Å². The molecule has 0 saturated heterocycles. The van der Waals surface area contributed by atoms with Crippen LogP contribution in [0.15, 0.2) is 18.2 Å².